The van der Waals surface area contributed by atoms with Crippen LogP contribution in [0.15, 0.2) is 64.4 Å². The van der Waals surface area contributed by atoms with E-state index >= 15 is 0 Å². The van der Waals surface area contributed by atoms with Crippen molar-refractivity contribution in [1.82, 2.24) is 8.61 Å². The van der Waals surface area contributed by atoms with Crippen molar-refractivity contribution < 1.29 is 21.6 Å². The Morgan fingerprint density at radius 3 is 2.16 bits per heavy atom. The summed E-state index contributed by atoms with van der Waals surface area (Å²) in [5.41, 5.74) is 0.410. The van der Waals surface area contributed by atoms with Crippen LogP contribution in [0, 0.1) is 0 Å². The average molecular weight is 466 g/mol. The van der Waals surface area contributed by atoms with Crippen LogP contribution < -0.4 is 5.32 Å². The number of benzene rings is 2. The topological polar surface area (TPSA) is 104 Å². The summed E-state index contributed by atoms with van der Waals surface area (Å²) in [5, 5.41) is 2.72. The largest absolute Gasteiger partial charge is 0.325 e. The van der Waals surface area contributed by atoms with Crippen molar-refractivity contribution in [3.05, 3.63) is 54.6 Å². The molecule has 1 unspecified atom stereocenters. The van der Waals surface area contributed by atoms with Gasteiger partial charge in [0.05, 0.1) is 9.79 Å². The van der Waals surface area contributed by atoms with Crippen molar-refractivity contribution in [2.24, 2.45) is 0 Å². The molecule has 31 heavy (non-hydrogen) atoms. The van der Waals surface area contributed by atoms with E-state index in [1.807, 2.05) is 0 Å². The number of anilines is 1. The molecule has 1 atom stereocenters. The van der Waals surface area contributed by atoms with Crippen molar-refractivity contribution in [2.75, 3.05) is 25.0 Å². The molecule has 168 valence electrons. The molecule has 1 amide bonds. The monoisotopic (exact) mass is 465 g/mol. The molecule has 0 saturated carbocycles. The van der Waals surface area contributed by atoms with Crippen LogP contribution in [0.1, 0.15) is 26.7 Å². The van der Waals surface area contributed by atoms with Gasteiger partial charge in [-0.15, -0.1) is 0 Å². The standard InChI is InChI=1S/C21H27N3O5S2/c1-3-23(4-2)30(26,27)19-14-12-17(13-15-19)22-21(25)20-11-8-16-24(20)31(28,29)18-9-6-5-7-10-18/h5-7,9-10,12-15,20H,3-4,8,11,16H2,1-2H3,(H,22,25). The van der Waals surface area contributed by atoms with Crippen LogP contribution in [0.2, 0.25) is 0 Å². The van der Waals surface area contributed by atoms with Gasteiger partial charge in [-0.2, -0.15) is 8.61 Å². The lowest BCUT2D eigenvalue weighted by Crippen LogP contribution is -2.43. The Kier molecular flexibility index (Phi) is 7.15. The minimum Gasteiger partial charge on any atom is -0.325 e. The molecular formula is C21H27N3O5S2. The first kappa shape index (κ1) is 23.4. The molecule has 1 aliphatic heterocycles. The molecule has 3 rings (SSSR count). The molecule has 1 fully saturated rings. The highest BCUT2D eigenvalue weighted by Gasteiger charge is 2.39. The number of carbonyl (C=O) groups is 1. The van der Waals surface area contributed by atoms with E-state index in [1.54, 1.807) is 32.0 Å². The highest BCUT2D eigenvalue weighted by molar-refractivity contribution is 7.89. The summed E-state index contributed by atoms with van der Waals surface area (Å²) in [7, 11) is -7.37. The van der Waals surface area contributed by atoms with E-state index in [-0.39, 0.29) is 16.3 Å². The van der Waals surface area contributed by atoms with Gasteiger partial charge in [0.2, 0.25) is 26.0 Å². The number of nitrogens with one attached hydrogen (secondary N) is 1. The molecule has 1 aliphatic rings. The second kappa shape index (κ2) is 9.47. The smallest absolute Gasteiger partial charge is 0.243 e. The molecule has 10 heteroatoms. The van der Waals surface area contributed by atoms with E-state index < -0.39 is 32.0 Å². The third-order valence-corrected chi connectivity index (χ3v) is 9.31. The summed E-state index contributed by atoms with van der Waals surface area (Å²) in [4.78, 5) is 13.1. The number of carbonyl (C=O) groups excluding carboxylic acids is 1. The third-order valence-electron chi connectivity index (χ3n) is 5.32. The number of rotatable bonds is 8. The van der Waals surface area contributed by atoms with Gasteiger partial charge in [0.1, 0.15) is 6.04 Å². The van der Waals surface area contributed by atoms with Gasteiger partial charge >= 0.3 is 0 Å². The maximum Gasteiger partial charge on any atom is 0.243 e. The summed E-state index contributed by atoms with van der Waals surface area (Å²) in [6.45, 7) is 4.55. The van der Waals surface area contributed by atoms with Crippen LogP contribution >= 0.6 is 0 Å². The summed E-state index contributed by atoms with van der Waals surface area (Å²) in [5.74, 6) is -0.434. The lowest BCUT2D eigenvalue weighted by atomic mass is 10.2. The number of sulfonamides is 2. The molecule has 0 radical (unpaired) electrons. The molecule has 1 heterocycles. The molecule has 1 N–H and O–H groups in total. The Morgan fingerprint density at radius 1 is 0.968 bits per heavy atom. The molecule has 2 aromatic carbocycles. The predicted molar refractivity (Wildman–Crippen MR) is 119 cm³/mol. The zero-order valence-electron chi connectivity index (χ0n) is 17.6. The molecule has 0 aromatic heterocycles. The quantitative estimate of drug-likeness (QED) is 0.645. The van der Waals surface area contributed by atoms with Crippen molar-refractivity contribution in [1.29, 1.82) is 0 Å². The third kappa shape index (κ3) is 4.82. The predicted octanol–water partition coefficient (Wildman–Crippen LogP) is 2.51. The Labute approximate surface area is 184 Å². The summed E-state index contributed by atoms with van der Waals surface area (Å²) in [6.07, 6.45) is 1.01. The van der Waals surface area contributed by atoms with Gasteiger partial charge in [-0.1, -0.05) is 32.0 Å². The molecule has 0 bridgehead atoms. The van der Waals surface area contributed by atoms with E-state index in [9.17, 15) is 21.6 Å². The minimum atomic E-state index is -3.78. The highest BCUT2D eigenvalue weighted by Crippen LogP contribution is 2.27. The van der Waals surface area contributed by atoms with Gasteiger partial charge in [0, 0.05) is 25.3 Å². The average Bonchev–Trinajstić information content (AvgIpc) is 3.26. The lowest BCUT2D eigenvalue weighted by Gasteiger charge is -2.23. The van der Waals surface area contributed by atoms with E-state index in [0.29, 0.717) is 31.6 Å². The molecule has 0 aliphatic carbocycles. The van der Waals surface area contributed by atoms with Crippen LogP contribution in [0.4, 0.5) is 5.69 Å². The van der Waals surface area contributed by atoms with Gasteiger partial charge in [0.15, 0.2) is 0 Å². The second-order valence-corrected chi connectivity index (χ2v) is 11.0. The SMILES string of the molecule is CCN(CC)S(=O)(=O)c1ccc(NC(=O)C2CCCN2S(=O)(=O)c2ccccc2)cc1. The van der Waals surface area contributed by atoms with Gasteiger partial charge in [-0.25, -0.2) is 16.8 Å². The fourth-order valence-electron chi connectivity index (χ4n) is 3.67. The maximum atomic E-state index is 13.0. The fraction of sp³-hybridized carbons (Fsp3) is 0.381. The second-order valence-electron chi connectivity index (χ2n) is 7.19. The van der Waals surface area contributed by atoms with Crippen LogP contribution in [-0.4, -0.2) is 57.0 Å². The van der Waals surface area contributed by atoms with Gasteiger partial charge in [-0.3, -0.25) is 4.79 Å². The van der Waals surface area contributed by atoms with Crippen molar-refractivity contribution in [3.8, 4) is 0 Å². The Hall–Kier alpha value is -2.27. The number of amides is 1. The number of hydrogen-bond donors (Lipinski definition) is 1. The highest BCUT2D eigenvalue weighted by atomic mass is 32.2. The molecule has 2 aromatic rings. The zero-order valence-corrected chi connectivity index (χ0v) is 19.2. The Balaban J connectivity index is 1.75. The normalized spacial score (nSPS) is 17.7. The number of nitrogens with zero attached hydrogens (tertiary/aromatic N) is 2. The van der Waals surface area contributed by atoms with Crippen LogP contribution in [0.25, 0.3) is 0 Å². The van der Waals surface area contributed by atoms with Gasteiger partial charge in [-0.05, 0) is 49.2 Å². The first-order valence-corrected chi connectivity index (χ1v) is 13.1. The Morgan fingerprint density at radius 2 is 1.58 bits per heavy atom. The van der Waals surface area contributed by atoms with E-state index in [1.165, 1.54) is 45.0 Å². The van der Waals surface area contributed by atoms with Crippen molar-refractivity contribution in [2.45, 2.75) is 42.5 Å². The minimum absolute atomic E-state index is 0.142. The molecular weight excluding hydrogens is 438 g/mol. The molecule has 1 saturated heterocycles. The lowest BCUT2D eigenvalue weighted by molar-refractivity contribution is -0.119. The van der Waals surface area contributed by atoms with E-state index in [0.717, 1.165) is 0 Å². The number of hydrogen-bond acceptors (Lipinski definition) is 5. The van der Waals surface area contributed by atoms with Crippen LogP contribution in [0.3, 0.4) is 0 Å². The van der Waals surface area contributed by atoms with Crippen LogP contribution in [-0.2, 0) is 24.8 Å². The zero-order chi connectivity index (χ0) is 22.6. The summed E-state index contributed by atoms with van der Waals surface area (Å²) < 4.78 is 53.7. The summed E-state index contributed by atoms with van der Waals surface area (Å²) >= 11 is 0. The molecule has 8 nitrogen and oxygen atoms in total. The van der Waals surface area contributed by atoms with Crippen LogP contribution in [0.5, 0.6) is 0 Å². The van der Waals surface area contributed by atoms with Crippen molar-refractivity contribution in [3.63, 3.8) is 0 Å². The maximum absolute atomic E-state index is 13.0. The van der Waals surface area contributed by atoms with E-state index in [4.69, 9.17) is 0 Å². The van der Waals surface area contributed by atoms with Gasteiger partial charge < -0.3 is 5.32 Å². The van der Waals surface area contributed by atoms with Gasteiger partial charge in [0.25, 0.3) is 0 Å². The first-order chi connectivity index (χ1) is 14.7. The van der Waals surface area contributed by atoms with E-state index in [2.05, 4.69) is 5.32 Å². The molecule has 0 spiro atoms. The van der Waals surface area contributed by atoms with Crippen molar-refractivity contribution >= 4 is 31.6 Å². The first-order valence-electron chi connectivity index (χ1n) is 10.2. The Bertz CT molecular complexity index is 1110. The fourth-order valence-corrected chi connectivity index (χ4v) is 6.80. The summed E-state index contributed by atoms with van der Waals surface area (Å²) in [6, 6.07) is 13.1.